The summed E-state index contributed by atoms with van der Waals surface area (Å²) in [7, 11) is 1.63. The molecule has 4 nitrogen and oxygen atoms in total. The van der Waals surface area contributed by atoms with Crippen LogP contribution in [-0.4, -0.2) is 57.0 Å². The fourth-order valence-electron chi connectivity index (χ4n) is 1.45. The van der Waals surface area contributed by atoms with Gasteiger partial charge in [0.2, 0.25) is 0 Å². The van der Waals surface area contributed by atoms with E-state index in [1.54, 1.807) is 18.9 Å². The van der Waals surface area contributed by atoms with Gasteiger partial charge in [-0.25, -0.2) is 0 Å². The Morgan fingerprint density at radius 3 is 2.79 bits per heavy atom. The molecule has 0 aliphatic rings. The summed E-state index contributed by atoms with van der Waals surface area (Å²) in [6, 6.07) is 10.3. The van der Waals surface area contributed by atoms with Gasteiger partial charge in [-0.05, 0) is 12.1 Å². The highest BCUT2D eigenvalue weighted by atomic mass is 32.2. The predicted molar refractivity (Wildman–Crippen MR) is 78.7 cm³/mol. The van der Waals surface area contributed by atoms with E-state index in [1.165, 1.54) is 4.90 Å². The Morgan fingerprint density at radius 1 is 1.26 bits per heavy atom. The first-order valence-electron chi connectivity index (χ1n) is 6.46. The van der Waals surface area contributed by atoms with E-state index >= 15 is 0 Å². The molecular formula is C14H23NO3S. The maximum absolute atomic E-state index is 9.63. The van der Waals surface area contributed by atoms with Gasteiger partial charge in [-0.3, -0.25) is 0 Å². The normalized spacial score (nSPS) is 12.5. The molecule has 1 aromatic carbocycles. The number of aliphatic hydroxyl groups is 1. The van der Waals surface area contributed by atoms with Crippen LogP contribution < -0.4 is 5.32 Å². The molecule has 0 radical (unpaired) electrons. The Bertz CT molecular complexity index is 311. The minimum atomic E-state index is -0.460. The van der Waals surface area contributed by atoms with E-state index in [2.05, 4.69) is 17.4 Å². The molecule has 108 valence electrons. The Hall–Kier alpha value is -0.590. The second-order valence-electron chi connectivity index (χ2n) is 4.09. The van der Waals surface area contributed by atoms with Crippen LogP contribution in [0.25, 0.3) is 0 Å². The molecule has 1 aromatic rings. The van der Waals surface area contributed by atoms with Crippen LogP contribution in [0.1, 0.15) is 0 Å². The van der Waals surface area contributed by atoms with E-state index in [9.17, 15) is 5.11 Å². The van der Waals surface area contributed by atoms with Gasteiger partial charge in [-0.1, -0.05) is 18.2 Å². The lowest BCUT2D eigenvalue weighted by Gasteiger charge is -2.12. The van der Waals surface area contributed by atoms with E-state index in [0.29, 0.717) is 26.4 Å². The van der Waals surface area contributed by atoms with Gasteiger partial charge in [-0.15, -0.1) is 11.8 Å². The van der Waals surface area contributed by atoms with Gasteiger partial charge < -0.3 is 19.9 Å². The van der Waals surface area contributed by atoms with Crippen LogP contribution in [0.3, 0.4) is 0 Å². The van der Waals surface area contributed by atoms with E-state index in [4.69, 9.17) is 9.47 Å². The highest BCUT2D eigenvalue weighted by Gasteiger charge is 2.03. The SMILES string of the molecule is COCCOCC(O)CNCCSc1ccccc1. The second-order valence-corrected chi connectivity index (χ2v) is 5.26. The average molecular weight is 285 g/mol. The van der Waals surface area contributed by atoms with Crippen LogP contribution >= 0.6 is 11.8 Å². The molecule has 0 spiro atoms. The zero-order chi connectivity index (χ0) is 13.8. The first-order chi connectivity index (χ1) is 9.33. The van der Waals surface area contributed by atoms with Crippen molar-refractivity contribution in [2.75, 3.05) is 45.8 Å². The Morgan fingerprint density at radius 2 is 2.05 bits per heavy atom. The molecule has 19 heavy (non-hydrogen) atoms. The van der Waals surface area contributed by atoms with Crippen molar-refractivity contribution in [3.63, 3.8) is 0 Å². The summed E-state index contributed by atoms with van der Waals surface area (Å²) >= 11 is 1.80. The van der Waals surface area contributed by atoms with Crippen molar-refractivity contribution in [2.45, 2.75) is 11.0 Å². The summed E-state index contributed by atoms with van der Waals surface area (Å²) in [6.45, 7) is 2.87. The van der Waals surface area contributed by atoms with Gasteiger partial charge in [0.15, 0.2) is 0 Å². The summed E-state index contributed by atoms with van der Waals surface area (Å²) < 4.78 is 10.1. The highest BCUT2D eigenvalue weighted by Crippen LogP contribution is 2.15. The molecule has 0 aromatic heterocycles. The molecule has 1 atom stereocenters. The molecular weight excluding hydrogens is 262 g/mol. The van der Waals surface area contributed by atoms with E-state index in [0.717, 1.165) is 12.3 Å². The van der Waals surface area contributed by atoms with Crippen molar-refractivity contribution >= 4 is 11.8 Å². The highest BCUT2D eigenvalue weighted by molar-refractivity contribution is 7.99. The number of thioether (sulfide) groups is 1. The number of hydrogen-bond donors (Lipinski definition) is 2. The van der Waals surface area contributed by atoms with Gasteiger partial charge in [0.05, 0.1) is 25.9 Å². The quantitative estimate of drug-likeness (QED) is 0.475. The lowest BCUT2D eigenvalue weighted by Crippen LogP contribution is -2.32. The van der Waals surface area contributed by atoms with Gasteiger partial charge in [0.1, 0.15) is 0 Å². The number of hydrogen-bond acceptors (Lipinski definition) is 5. The number of aliphatic hydroxyl groups excluding tert-OH is 1. The summed E-state index contributed by atoms with van der Waals surface area (Å²) in [5.41, 5.74) is 0. The molecule has 0 amide bonds. The molecule has 1 rings (SSSR count). The third-order valence-electron chi connectivity index (χ3n) is 2.41. The van der Waals surface area contributed by atoms with Gasteiger partial charge in [-0.2, -0.15) is 0 Å². The average Bonchev–Trinajstić information content (AvgIpc) is 2.44. The molecule has 0 saturated heterocycles. The maximum atomic E-state index is 9.63. The first-order valence-corrected chi connectivity index (χ1v) is 7.45. The van der Waals surface area contributed by atoms with Crippen molar-refractivity contribution in [1.82, 2.24) is 5.32 Å². The van der Waals surface area contributed by atoms with Crippen molar-refractivity contribution < 1.29 is 14.6 Å². The topological polar surface area (TPSA) is 50.7 Å². The zero-order valence-corrected chi connectivity index (χ0v) is 12.2. The maximum Gasteiger partial charge on any atom is 0.0897 e. The van der Waals surface area contributed by atoms with Crippen LogP contribution in [0, 0.1) is 0 Å². The fraction of sp³-hybridized carbons (Fsp3) is 0.571. The monoisotopic (exact) mass is 285 g/mol. The molecule has 0 aliphatic heterocycles. The summed E-state index contributed by atoms with van der Waals surface area (Å²) in [5.74, 6) is 0.987. The van der Waals surface area contributed by atoms with E-state index in [1.807, 2.05) is 18.2 Å². The van der Waals surface area contributed by atoms with Crippen LogP contribution in [0.15, 0.2) is 35.2 Å². The lowest BCUT2D eigenvalue weighted by atomic mass is 10.4. The van der Waals surface area contributed by atoms with Crippen LogP contribution in [-0.2, 0) is 9.47 Å². The van der Waals surface area contributed by atoms with E-state index < -0.39 is 6.10 Å². The molecule has 5 heteroatoms. The van der Waals surface area contributed by atoms with Crippen molar-refractivity contribution in [3.8, 4) is 0 Å². The minimum absolute atomic E-state index is 0.349. The number of nitrogens with one attached hydrogen (secondary N) is 1. The fourth-order valence-corrected chi connectivity index (χ4v) is 2.28. The molecule has 2 N–H and O–H groups in total. The predicted octanol–water partition coefficient (Wildman–Crippen LogP) is 1.39. The number of rotatable bonds is 11. The number of ether oxygens (including phenoxy) is 2. The standard InChI is InChI=1S/C14H23NO3S/c1-17-8-9-18-12-13(16)11-15-7-10-19-14-5-3-2-4-6-14/h2-6,13,15-16H,7-12H2,1H3. The molecule has 0 bridgehead atoms. The van der Waals surface area contributed by atoms with Gasteiger partial charge in [0, 0.05) is 30.8 Å². The van der Waals surface area contributed by atoms with Gasteiger partial charge >= 0.3 is 0 Å². The minimum Gasteiger partial charge on any atom is -0.389 e. The number of benzene rings is 1. The summed E-state index contributed by atoms with van der Waals surface area (Å²) in [4.78, 5) is 1.27. The number of methoxy groups -OCH3 is 1. The second kappa shape index (κ2) is 11.3. The largest absolute Gasteiger partial charge is 0.389 e. The van der Waals surface area contributed by atoms with E-state index in [-0.39, 0.29) is 0 Å². The van der Waals surface area contributed by atoms with Gasteiger partial charge in [0.25, 0.3) is 0 Å². The molecule has 0 saturated carbocycles. The zero-order valence-electron chi connectivity index (χ0n) is 11.4. The Balaban J connectivity index is 1.92. The van der Waals surface area contributed by atoms with Crippen LogP contribution in [0.2, 0.25) is 0 Å². The van der Waals surface area contributed by atoms with Crippen molar-refractivity contribution in [1.29, 1.82) is 0 Å². The van der Waals surface area contributed by atoms with Crippen LogP contribution in [0.5, 0.6) is 0 Å². The summed E-state index contributed by atoms with van der Waals surface area (Å²) in [5, 5.41) is 12.8. The molecule has 0 fully saturated rings. The Kier molecular flexibility index (Phi) is 9.75. The van der Waals surface area contributed by atoms with Crippen molar-refractivity contribution in [2.24, 2.45) is 0 Å². The first kappa shape index (κ1) is 16.5. The summed E-state index contributed by atoms with van der Waals surface area (Å²) in [6.07, 6.45) is -0.460. The van der Waals surface area contributed by atoms with Crippen molar-refractivity contribution in [3.05, 3.63) is 30.3 Å². The smallest absolute Gasteiger partial charge is 0.0897 e. The van der Waals surface area contributed by atoms with Crippen LogP contribution in [0.4, 0.5) is 0 Å². The third-order valence-corrected chi connectivity index (χ3v) is 3.43. The molecule has 0 aliphatic carbocycles. The Labute approximate surface area is 119 Å². The third kappa shape index (κ3) is 9.02. The lowest BCUT2D eigenvalue weighted by molar-refractivity contribution is 0.0140. The molecule has 0 heterocycles. The molecule has 1 unspecified atom stereocenters.